The van der Waals surface area contributed by atoms with Gasteiger partial charge in [0.25, 0.3) is 0 Å². The largest absolute Gasteiger partial charge is 0.456 e. The van der Waals surface area contributed by atoms with Crippen molar-refractivity contribution in [2.45, 2.75) is 140 Å². The molecular weight excluding hydrogens is 703 g/mol. The van der Waals surface area contributed by atoms with E-state index in [0.717, 1.165) is 23.3 Å². The quantitative estimate of drug-likeness (QED) is 0.181. The molecule has 4 saturated carbocycles. The van der Waals surface area contributed by atoms with Crippen molar-refractivity contribution in [1.82, 2.24) is 0 Å². The van der Waals surface area contributed by atoms with Gasteiger partial charge in [0.05, 0.1) is 5.69 Å². The van der Waals surface area contributed by atoms with E-state index in [0.29, 0.717) is 11.8 Å². The van der Waals surface area contributed by atoms with Gasteiger partial charge in [-0.2, -0.15) is 0 Å². The Kier molecular flexibility index (Phi) is 7.84. The molecule has 7 aliphatic rings. The second kappa shape index (κ2) is 12.4. The van der Waals surface area contributed by atoms with Crippen molar-refractivity contribution in [2.75, 3.05) is 4.90 Å². The maximum atomic E-state index is 7.43. The fourth-order valence-corrected chi connectivity index (χ4v) is 13.9. The average molecular weight is 766 g/mol. The summed E-state index contributed by atoms with van der Waals surface area (Å²) in [6.45, 7) is 19.6. The van der Waals surface area contributed by atoms with E-state index in [9.17, 15) is 0 Å². The zero-order valence-electron chi connectivity index (χ0n) is 36.3. The predicted molar refractivity (Wildman–Crippen MR) is 241 cm³/mol. The van der Waals surface area contributed by atoms with Crippen LogP contribution in [-0.2, 0) is 27.1 Å². The van der Waals surface area contributed by atoms with Crippen molar-refractivity contribution < 1.29 is 4.74 Å². The van der Waals surface area contributed by atoms with E-state index in [1.54, 1.807) is 0 Å². The number of fused-ring (bicyclic) bond motifs is 4. The Labute approximate surface area is 348 Å². The number of ether oxygens (including phenoxy) is 1. The summed E-state index contributed by atoms with van der Waals surface area (Å²) < 4.78 is 7.43. The van der Waals surface area contributed by atoms with Crippen molar-refractivity contribution in [3.63, 3.8) is 0 Å². The van der Waals surface area contributed by atoms with Gasteiger partial charge in [-0.05, 0) is 167 Å². The highest BCUT2D eigenvalue weighted by Crippen LogP contribution is 2.70. The summed E-state index contributed by atoms with van der Waals surface area (Å²) in [5.41, 5.74) is 15.4. The third-order valence-electron chi connectivity index (χ3n) is 17.0. The Balaban J connectivity index is 1.20. The number of nitrogens with zero attached hydrogens (tertiary/aromatic N) is 1. The minimum absolute atomic E-state index is 0.0205. The van der Waals surface area contributed by atoms with Crippen LogP contribution in [0.5, 0.6) is 11.5 Å². The lowest BCUT2D eigenvalue weighted by Gasteiger charge is -2.63. The lowest BCUT2D eigenvalue weighted by atomic mass is 9.41. The fraction of sp³-hybridized carbons (Fsp3) is 0.464. The summed E-state index contributed by atoms with van der Waals surface area (Å²) in [4.78, 5) is 2.62. The molecule has 6 aliphatic carbocycles. The molecule has 5 aromatic carbocycles. The second-order valence-corrected chi connectivity index (χ2v) is 22.3. The molecule has 58 heavy (non-hydrogen) atoms. The molecule has 298 valence electrons. The van der Waals surface area contributed by atoms with Crippen LogP contribution in [0.15, 0.2) is 103 Å². The van der Waals surface area contributed by atoms with E-state index in [2.05, 4.69) is 163 Å². The summed E-state index contributed by atoms with van der Waals surface area (Å²) in [6.07, 6.45) is 11.6. The molecule has 1 heterocycles. The van der Waals surface area contributed by atoms with Crippen LogP contribution in [0.3, 0.4) is 0 Å². The lowest BCUT2D eigenvalue weighted by molar-refractivity contribution is -0.0451. The van der Waals surface area contributed by atoms with Crippen molar-refractivity contribution >= 4 is 17.1 Å². The number of para-hydroxylation sites is 1. The average Bonchev–Trinajstić information content (AvgIpc) is 3.20. The molecule has 5 aromatic rings. The minimum Gasteiger partial charge on any atom is -0.456 e. The van der Waals surface area contributed by atoms with Crippen LogP contribution in [-0.4, -0.2) is 0 Å². The molecule has 4 bridgehead atoms. The van der Waals surface area contributed by atoms with Crippen LogP contribution < -0.4 is 9.64 Å². The third-order valence-corrected chi connectivity index (χ3v) is 17.0. The molecule has 0 amide bonds. The number of anilines is 3. The molecule has 12 rings (SSSR count). The molecule has 1 spiro atoms. The number of hydrogen-bond acceptors (Lipinski definition) is 2. The molecule has 0 atom stereocenters. The second-order valence-electron chi connectivity index (χ2n) is 22.3. The van der Waals surface area contributed by atoms with Gasteiger partial charge in [-0.25, -0.2) is 0 Å². The fourth-order valence-electron chi connectivity index (χ4n) is 13.9. The zero-order valence-corrected chi connectivity index (χ0v) is 36.3. The maximum Gasteiger partial charge on any atom is 0.141 e. The summed E-state index contributed by atoms with van der Waals surface area (Å²) >= 11 is 0. The van der Waals surface area contributed by atoms with Gasteiger partial charge >= 0.3 is 0 Å². The van der Waals surface area contributed by atoms with Gasteiger partial charge < -0.3 is 9.64 Å². The Morgan fingerprint density at radius 3 is 1.50 bits per heavy atom. The van der Waals surface area contributed by atoms with Gasteiger partial charge in [0.2, 0.25) is 0 Å². The summed E-state index contributed by atoms with van der Waals surface area (Å²) in [5, 5.41) is 0. The van der Waals surface area contributed by atoms with Crippen LogP contribution in [0, 0.1) is 23.7 Å². The zero-order chi connectivity index (χ0) is 40.0. The van der Waals surface area contributed by atoms with Gasteiger partial charge in [-0.1, -0.05) is 122 Å². The normalized spacial score (nSPS) is 28.5. The molecule has 2 nitrogen and oxygen atoms in total. The first-order valence-corrected chi connectivity index (χ1v) is 22.8. The molecule has 4 fully saturated rings. The Morgan fingerprint density at radius 2 is 0.948 bits per heavy atom. The lowest BCUT2D eigenvalue weighted by Crippen LogP contribution is -2.57. The van der Waals surface area contributed by atoms with Crippen LogP contribution in [0.2, 0.25) is 0 Å². The smallest absolute Gasteiger partial charge is 0.141 e. The van der Waals surface area contributed by atoms with E-state index in [1.807, 2.05) is 0 Å². The molecule has 2 heteroatoms. The van der Waals surface area contributed by atoms with Crippen molar-refractivity contribution in [3.8, 4) is 22.6 Å². The van der Waals surface area contributed by atoms with Gasteiger partial charge in [0.15, 0.2) is 0 Å². The van der Waals surface area contributed by atoms with E-state index in [4.69, 9.17) is 4.74 Å². The van der Waals surface area contributed by atoms with E-state index >= 15 is 0 Å². The first-order chi connectivity index (χ1) is 27.7. The first-order valence-electron chi connectivity index (χ1n) is 22.8. The predicted octanol–water partition coefficient (Wildman–Crippen LogP) is 15.4. The van der Waals surface area contributed by atoms with Crippen LogP contribution in [0.4, 0.5) is 17.1 Å². The van der Waals surface area contributed by atoms with E-state index in [-0.39, 0.29) is 27.1 Å². The Morgan fingerprint density at radius 1 is 0.466 bits per heavy atom. The van der Waals surface area contributed by atoms with Crippen LogP contribution in [0.25, 0.3) is 11.1 Å². The number of rotatable bonds is 4. The summed E-state index contributed by atoms with van der Waals surface area (Å²) in [7, 11) is 0. The standard InChI is InChI=1S/C56H63NO/c1-52(2)24-26-54(5,6)46-33-40(18-20-42(46)52)57(41-19-21-43-47(34-41)55(7,8)27-25-53(43,3)4)48-23-22-45-51(50(48)37-14-10-9-11-15-37)58-49-17-13-12-16-44(49)56(45)38-29-35-28-36(31-38)32-39(56)30-35/h9-23,33-36,38-39H,24-32H2,1-8H3. The highest BCUT2D eigenvalue weighted by Gasteiger charge is 2.61. The van der Waals surface area contributed by atoms with Crippen LogP contribution in [0.1, 0.15) is 147 Å². The topological polar surface area (TPSA) is 12.5 Å². The molecule has 0 radical (unpaired) electrons. The Hall–Kier alpha value is -4.30. The highest BCUT2D eigenvalue weighted by atomic mass is 16.5. The first kappa shape index (κ1) is 36.8. The molecule has 0 saturated heterocycles. The van der Waals surface area contributed by atoms with Crippen LogP contribution >= 0.6 is 0 Å². The van der Waals surface area contributed by atoms with Crippen molar-refractivity contribution in [3.05, 3.63) is 137 Å². The molecule has 0 unspecified atom stereocenters. The minimum atomic E-state index is -0.0205. The third kappa shape index (κ3) is 5.21. The van der Waals surface area contributed by atoms with Crippen molar-refractivity contribution in [2.24, 2.45) is 23.7 Å². The summed E-state index contributed by atoms with van der Waals surface area (Å²) in [6, 6.07) is 40.4. The molecular formula is C56H63NO. The Bertz CT molecular complexity index is 2350. The SMILES string of the molecule is CC1(C)CCC(C)(C)c2cc(N(c3ccc4c(c3)C(C)(C)CCC4(C)C)c3ccc4c(c3-c3ccccc3)Oc3ccccc3C43C4CC5CC(C4)CC3C5)ccc21. The van der Waals surface area contributed by atoms with E-state index < -0.39 is 0 Å². The van der Waals surface area contributed by atoms with Gasteiger partial charge in [0, 0.05) is 33.5 Å². The van der Waals surface area contributed by atoms with E-state index in [1.165, 1.54) is 119 Å². The molecule has 0 aromatic heterocycles. The highest BCUT2D eigenvalue weighted by molar-refractivity contribution is 5.93. The molecule has 1 aliphatic heterocycles. The monoisotopic (exact) mass is 765 g/mol. The number of benzene rings is 5. The summed E-state index contributed by atoms with van der Waals surface area (Å²) in [5.74, 6) is 5.21. The van der Waals surface area contributed by atoms with Gasteiger partial charge in [-0.15, -0.1) is 0 Å². The van der Waals surface area contributed by atoms with Gasteiger partial charge in [0.1, 0.15) is 11.5 Å². The maximum absolute atomic E-state index is 7.43. The number of hydrogen-bond donors (Lipinski definition) is 0. The molecule has 0 N–H and O–H groups in total. The van der Waals surface area contributed by atoms with Gasteiger partial charge in [-0.3, -0.25) is 0 Å². The van der Waals surface area contributed by atoms with Crippen molar-refractivity contribution in [1.29, 1.82) is 0 Å².